The minimum atomic E-state index is -0.356. The lowest BCUT2D eigenvalue weighted by Crippen LogP contribution is -2.04. The second-order valence-electron chi connectivity index (χ2n) is 5.48. The van der Waals surface area contributed by atoms with Crippen LogP contribution in [0.3, 0.4) is 0 Å². The summed E-state index contributed by atoms with van der Waals surface area (Å²) in [5.41, 5.74) is 7.48. The van der Waals surface area contributed by atoms with E-state index in [0.717, 1.165) is 0 Å². The molecular formula is C17H12ClFN6O2. The van der Waals surface area contributed by atoms with E-state index in [0.29, 0.717) is 22.0 Å². The van der Waals surface area contributed by atoms with Crippen molar-refractivity contribution in [3.63, 3.8) is 0 Å². The Bertz CT molecular complexity index is 1110. The van der Waals surface area contributed by atoms with Crippen LogP contribution in [0.15, 0.2) is 47.0 Å². The van der Waals surface area contributed by atoms with Gasteiger partial charge in [-0.1, -0.05) is 22.0 Å². The molecule has 0 spiro atoms. The number of methoxy groups -OCH3 is 1. The van der Waals surface area contributed by atoms with Crippen LogP contribution >= 0.6 is 11.6 Å². The second-order valence-corrected chi connectivity index (χ2v) is 5.92. The number of ether oxygens (including phenoxy) is 1. The van der Waals surface area contributed by atoms with Gasteiger partial charge in [0.05, 0.1) is 7.11 Å². The van der Waals surface area contributed by atoms with E-state index in [-0.39, 0.29) is 29.0 Å². The number of benzene rings is 2. The van der Waals surface area contributed by atoms with Gasteiger partial charge in [-0.15, -0.1) is 5.10 Å². The second kappa shape index (κ2) is 6.69. The fourth-order valence-corrected chi connectivity index (χ4v) is 2.65. The highest BCUT2D eigenvalue weighted by molar-refractivity contribution is 6.30. The summed E-state index contributed by atoms with van der Waals surface area (Å²) < 4.78 is 25.0. The van der Waals surface area contributed by atoms with E-state index in [2.05, 4.69) is 20.5 Å². The summed E-state index contributed by atoms with van der Waals surface area (Å²) in [7, 11) is 1.52. The van der Waals surface area contributed by atoms with E-state index in [1.165, 1.54) is 23.9 Å². The quantitative estimate of drug-likeness (QED) is 0.573. The predicted octanol–water partition coefficient (Wildman–Crippen LogP) is 3.37. The molecule has 0 aliphatic rings. The lowest BCUT2D eigenvalue weighted by molar-refractivity contribution is 0.411. The highest BCUT2D eigenvalue weighted by Crippen LogP contribution is 2.31. The van der Waals surface area contributed by atoms with Crippen molar-refractivity contribution >= 4 is 17.4 Å². The van der Waals surface area contributed by atoms with Crippen molar-refractivity contribution in [1.29, 1.82) is 0 Å². The van der Waals surface area contributed by atoms with Crippen LogP contribution in [0.2, 0.25) is 5.02 Å². The molecule has 136 valence electrons. The van der Waals surface area contributed by atoms with Crippen LogP contribution in [0.4, 0.5) is 10.2 Å². The van der Waals surface area contributed by atoms with Gasteiger partial charge in [0.15, 0.2) is 11.5 Å². The fourth-order valence-electron chi connectivity index (χ4n) is 2.48. The van der Waals surface area contributed by atoms with Gasteiger partial charge in [-0.3, -0.25) is 0 Å². The van der Waals surface area contributed by atoms with E-state index >= 15 is 0 Å². The van der Waals surface area contributed by atoms with Crippen LogP contribution in [0, 0.1) is 5.82 Å². The summed E-state index contributed by atoms with van der Waals surface area (Å²) in [5, 5.41) is 12.4. The minimum Gasteiger partial charge on any atom is -0.494 e. The van der Waals surface area contributed by atoms with Crippen molar-refractivity contribution in [3.8, 4) is 34.4 Å². The Morgan fingerprint density at radius 1 is 1.19 bits per heavy atom. The van der Waals surface area contributed by atoms with Gasteiger partial charge in [0.25, 0.3) is 5.89 Å². The van der Waals surface area contributed by atoms with Crippen LogP contribution < -0.4 is 10.5 Å². The molecule has 0 radical (unpaired) electrons. The zero-order valence-electron chi connectivity index (χ0n) is 13.9. The Morgan fingerprint density at radius 3 is 2.70 bits per heavy atom. The topological polar surface area (TPSA) is 105 Å². The van der Waals surface area contributed by atoms with Crippen LogP contribution in [0.1, 0.15) is 0 Å². The van der Waals surface area contributed by atoms with E-state index in [1.54, 1.807) is 30.3 Å². The first-order chi connectivity index (χ1) is 13.1. The summed E-state index contributed by atoms with van der Waals surface area (Å²) >= 11 is 6.06. The molecule has 0 saturated carbocycles. The summed E-state index contributed by atoms with van der Waals surface area (Å²) in [5.74, 6) is 0.688. The first-order valence-corrected chi connectivity index (χ1v) is 8.09. The van der Waals surface area contributed by atoms with Gasteiger partial charge in [0.1, 0.15) is 17.3 Å². The Morgan fingerprint density at radius 2 is 1.96 bits per heavy atom. The number of hydrogen-bond donors (Lipinski definition) is 1. The van der Waals surface area contributed by atoms with Gasteiger partial charge < -0.3 is 15.0 Å². The van der Waals surface area contributed by atoms with Gasteiger partial charge in [-0.25, -0.2) is 4.39 Å². The largest absolute Gasteiger partial charge is 0.494 e. The molecule has 0 saturated heterocycles. The molecule has 2 aromatic heterocycles. The maximum Gasteiger partial charge on any atom is 0.282 e. The summed E-state index contributed by atoms with van der Waals surface area (Å²) in [6.07, 6.45) is 0. The molecule has 0 atom stereocenters. The van der Waals surface area contributed by atoms with E-state index in [1.807, 2.05) is 0 Å². The lowest BCUT2D eigenvalue weighted by Gasteiger charge is -2.09. The monoisotopic (exact) mass is 386 g/mol. The van der Waals surface area contributed by atoms with Gasteiger partial charge >= 0.3 is 0 Å². The molecule has 0 aliphatic carbocycles. The molecule has 0 aliphatic heterocycles. The molecule has 2 aromatic carbocycles. The third-order valence-electron chi connectivity index (χ3n) is 3.81. The summed E-state index contributed by atoms with van der Waals surface area (Å²) in [6, 6.07) is 10.7. The normalized spacial score (nSPS) is 10.9. The third-order valence-corrected chi connectivity index (χ3v) is 4.04. The first kappa shape index (κ1) is 17.0. The van der Waals surface area contributed by atoms with Gasteiger partial charge in [-0.05, 0) is 42.5 Å². The minimum absolute atomic E-state index is 0.0825. The number of nitrogen functional groups attached to an aromatic ring is 1. The third kappa shape index (κ3) is 3.08. The van der Waals surface area contributed by atoms with Gasteiger partial charge in [-0.2, -0.15) is 9.67 Å². The standard InChI is InChI=1S/C17H12ClFN6O2/c1-26-13-7-4-10(18)8-12(13)25-15(20)14(22-24-25)17-21-16(23-27-17)9-2-5-11(19)6-3-9/h2-8H,20H2,1H3. The lowest BCUT2D eigenvalue weighted by atomic mass is 10.2. The van der Waals surface area contributed by atoms with E-state index in [4.69, 9.17) is 26.6 Å². The molecule has 0 unspecified atom stereocenters. The van der Waals surface area contributed by atoms with Crippen LogP contribution in [-0.2, 0) is 0 Å². The maximum atomic E-state index is 13.1. The Kier molecular flexibility index (Phi) is 4.21. The van der Waals surface area contributed by atoms with Crippen molar-refractivity contribution in [2.75, 3.05) is 12.8 Å². The number of hydrogen-bond acceptors (Lipinski definition) is 7. The molecule has 27 heavy (non-hydrogen) atoms. The SMILES string of the molecule is COc1ccc(Cl)cc1-n1nnc(-c2nc(-c3ccc(F)cc3)no2)c1N. The number of nitrogens with zero attached hydrogens (tertiary/aromatic N) is 5. The highest BCUT2D eigenvalue weighted by Gasteiger charge is 2.21. The zero-order valence-corrected chi connectivity index (χ0v) is 14.7. The number of anilines is 1. The molecule has 2 N–H and O–H groups in total. The van der Waals surface area contributed by atoms with Gasteiger partial charge in [0, 0.05) is 10.6 Å². The Hall–Kier alpha value is -3.46. The Balaban J connectivity index is 1.73. The van der Waals surface area contributed by atoms with Crippen LogP contribution in [-0.4, -0.2) is 32.2 Å². The molecule has 4 aromatic rings. The molecule has 0 bridgehead atoms. The average molecular weight is 387 g/mol. The number of rotatable bonds is 4. The van der Waals surface area contributed by atoms with Crippen molar-refractivity contribution in [3.05, 3.63) is 53.3 Å². The molecular weight excluding hydrogens is 375 g/mol. The van der Waals surface area contributed by atoms with Crippen molar-refractivity contribution in [2.45, 2.75) is 0 Å². The number of nitrogens with two attached hydrogens (primary N) is 1. The van der Waals surface area contributed by atoms with Crippen LogP contribution in [0.25, 0.3) is 28.7 Å². The smallest absolute Gasteiger partial charge is 0.282 e. The molecule has 10 heteroatoms. The van der Waals surface area contributed by atoms with Crippen LogP contribution in [0.5, 0.6) is 5.75 Å². The first-order valence-electron chi connectivity index (χ1n) is 7.72. The molecule has 0 fully saturated rings. The van der Waals surface area contributed by atoms with E-state index < -0.39 is 0 Å². The molecule has 2 heterocycles. The Labute approximate surface area is 157 Å². The average Bonchev–Trinajstić information content (AvgIpc) is 3.29. The predicted molar refractivity (Wildman–Crippen MR) is 96.0 cm³/mol. The molecule has 4 rings (SSSR count). The number of halogens is 2. The van der Waals surface area contributed by atoms with Crippen molar-refractivity contribution < 1.29 is 13.7 Å². The van der Waals surface area contributed by atoms with Gasteiger partial charge in [0.2, 0.25) is 5.82 Å². The number of aromatic nitrogens is 5. The zero-order chi connectivity index (χ0) is 19.0. The highest BCUT2D eigenvalue weighted by atomic mass is 35.5. The summed E-state index contributed by atoms with van der Waals surface area (Å²) in [6.45, 7) is 0. The fraction of sp³-hybridized carbons (Fsp3) is 0.0588. The molecule has 8 nitrogen and oxygen atoms in total. The summed E-state index contributed by atoms with van der Waals surface area (Å²) in [4.78, 5) is 4.26. The van der Waals surface area contributed by atoms with Crippen molar-refractivity contribution in [1.82, 2.24) is 25.1 Å². The maximum absolute atomic E-state index is 13.1. The molecule has 0 amide bonds. The van der Waals surface area contributed by atoms with E-state index in [9.17, 15) is 4.39 Å². The van der Waals surface area contributed by atoms with Crippen molar-refractivity contribution in [2.24, 2.45) is 0 Å².